The average molecular weight is 395 g/mol. The van der Waals surface area contributed by atoms with Crippen LogP contribution in [0.4, 0.5) is 5.82 Å². The highest BCUT2D eigenvalue weighted by Gasteiger charge is 2.16. The van der Waals surface area contributed by atoms with Gasteiger partial charge in [0.15, 0.2) is 5.82 Å². The van der Waals surface area contributed by atoms with Gasteiger partial charge in [0.05, 0.1) is 24.6 Å². The quantitative estimate of drug-likeness (QED) is 0.441. The minimum absolute atomic E-state index is 0.172. The van der Waals surface area contributed by atoms with Crippen molar-refractivity contribution in [1.82, 2.24) is 10.2 Å². The molecule has 0 amide bonds. The fourth-order valence-corrected chi connectivity index (χ4v) is 3.39. The molecule has 5 nitrogen and oxygen atoms in total. The van der Waals surface area contributed by atoms with E-state index >= 15 is 0 Å². The van der Waals surface area contributed by atoms with Crippen molar-refractivity contribution >= 4 is 17.5 Å². The third kappa shape index (κ3) is 4.41. The maximum Gasteiger partial charge on any atom is 0.337 e. The third-order valence-corrected chi connectivity index (χ3v) is 4.90. The van der Waals surface area contributed by atoms with Crippen LogP contribution in [0, 0.1) is 5.92 Å². The number of allylic oxidation sites excluding steroid dienone is 4. The number of methoxy groups -OCH3 is 1. The molecule has 1 aliphatic rings. The van der Waals surface area contributed by atoms with Crippen molar-refractivity contribution < 1.29 is 9.53 Å². The van der Waals surface area contributed by atoms with Crippen molar-refractivity contribution in [2.75, 3.05) is 7.11 Å². The van der Waals surface area contributed by atoms with Gasteiger partial charge in [0.2, 0.25) is 0 Å². The second-order valence-electron chi connectivity index (χ2n) is 6.89. The fraction of sp³-hybridized carbons (Fsp3) is 0.120. The van der Waals surface area contributed by atoms with Gasteiger partial charge in [-0.2, -0.15) is 5.10 Å². The summed E-state index contributed by atoms with van der Waals surface area (Å²) in [6, 6.07) is 19.2. The predicted octanol–water partition coefficient (Wildman–Crippen LogP) is 5.18. The van der Waals surface area contributed by atoms with Crippen LogP contribution >= 0.6 is 0 Å². The molecule has 0 saturated carbocycles. The van der Waals surface area contributed by atoms with E-state index in [1.54, 1.807) is 18.3 Å². The Kier molecular flexibility index (Phi) is 5.90. The molecule has 0 fully saturated rings. The van der Waals surface area contributed by atoms with E-state index in [2.05, 4.69) is 34.5 Å². The van der Waals surface area contributed by atoms with E-state index in [9.17, 15) is 4.79 Å². The molecule has 0 N–H and O–H groups in total. The number of rotatable bonds is 5. The van der Waals surface area contributed by atoms with Gasteiger partial charge >= 0.3 is 5.97 Å². The molecule has 0 spiro atoms. The lowest BCUT2D eigenvalue weighted by Gasteiger charge is -2.16. The van der Waals surface area contributed by atoms with E-state index in [4.69, 9.17) is 9.73 Å². The molecule has 0 saturated heterocycles. The molecule has 0 aliphatic heterocycles. The van der Waals surface area contributed by atoms with Crippen molar-refractivity contribution in [3.8, 4) is 11.1 Å². The summed E-state index contributed by atoms with van der Waals surface area (Å²) in [5.41, 5.74) is 4.18. The number of ether oxygens (including phenoxy) is 1. The minimum Gasteiger partial charge on any atom is -0.465 e. The Morgan fingerprint density at radius 2 is 1.83 bits per heavy atom. The molecule has 1 heterocycles. The first kappa shape index (κ1) is 19.5. The van der Waals surface area contributed by atoms with Gasteiger partial charge in [-0.25, -0.2) is 9.79 Å². The van der Waals surface area contributed by atoms with Crippen LogP contribution in [-0.2, 0) is 4.74 Å². The van der Waals surface area contributed by atoms with Crippen LogP contribution in [0.1, 0.15) is 22.3 Å². The number of benzene rings is 2. The maximum atomic E-state index is 11.9. The fourth-order valence-electron chi connectivity index (χ4n) is 3.39. The topological polar surface area (TPSA) is 64.4 Å². The van der Waals surface area contributed by atoms with E-state index in [-0.39, 0.29) is 11.9 Å². The Hall–Kier alpha value is -3.86. The average Bonchev–Trinajstić information content (AvgIpc) is 2.83. The van der Waals surface area contributed by atoms with Gasteiger partial charge in [-0.15, -0.1) is 5.10 Å². The number of aliphatic imine (C=N–C) groups is 1. The molecule has 0 radical (unpaired) electrons. The predicted molar refractivity (Wildman–Crippen MR) is 118 cm³/mol. The molecule has 4 rings (SSSR count). The van der Waals surface area contributed by atoms with E-state index in [0.29, 0.717) is 11.4 Å². The van der Waals surface area contributed by atoms with Crippen molar-refractivity contribution in [2.24, 2.45) is 10.9 Å². The summed E-state index contributed by atoms with van der Waals surface area (Å²) in [6.07, 6.45) is 11.0. The van der Waals surface area contributed by atoms with Gasteiger partial charge < -0.3 is 4.74 Å². The van der Waals surface area contributed by atoms with E-state index in [1.807, 2.05) is 48.6 Å². The Morgan fingerprint density at radius 1 is 1.00 bits per heavy atom. The number of carbonyl (C=O) groups excluding carboxylic acids is 1. The van der Waals surface area contributed by atoms with Crippen LogP contribution in [0.2, 0.25) is 0 Å². The van der Waals surface area contributed by atoms with E-state index in [0.717, 1.165) is 28.8 Å². The first-order valence-electron chi connectivity index (χ1n) is 9.73. The number of hydrogen-bond acceptors (Lipinski definition) is 5. The minimum atomic E-state index is -0.374. The lowest BCUT2D eigenvalue weighted by molar-refractivity contribution is 0.0601. The molecule has 30 heavy (non-hydrogen) atoms. The zero-order valence-electron chi connectivity index (χ0n) is 16.6. The standard InChI is InChI=1S/C25H21N3O2/c1-30-25(29)21-14-8-13-20(15-21)22-16-23(28-26-17-22)27-24(18-9-4-2-5-10-18)19-11-6-3-7-12-19/h2-11,13-17,19H,12H2,1H3. The van der Waals surface area contributed by atoms with Crippen LogP contribution in [0.5, 0.6) is 0 Å². The number of nitrogens with zero attached hydrogens (tertiary/aromatic N) is 3. The number of aromatic nitrogens is 2. The van der Waals surface area contributed by atoms with Gasteiger partial charge in [-0.05, 0) is 35.7 Å². The second kappa shape index (κ2) is 9.09. The monoisotopic (exact) mass is 395 g/mol. The molecule has 148 valence electrons. The highest BCUT2D eigenvalue weighted by Crippen LogP contribution is 2.26. The highest BCUT2D eigenvalue weighted by atomic mass is 16.5. The summed E-state index contributed by atoms with van der Waals surface area (Å²) in [4.78, 5) is 16.7. The molecule has 1 aliphatic carbocycles. The van der Waals surface area contributed by atoms with Gasteiger partial charge in [-0.1, -0.05) is 66.8 Å². The summed E-state index contributed by atoms with van der Waals surface area (Å²) in [5, 5.41) is 8.37. The largest absolute Gasteiger partial charge is 0.465 e. The van der Waals surface area contributed by atoms with Crippen molar-refractivity contribution in [2.45, 2.75) is 6.42 Å². The molecule has 5 heteroatoms. The summed E-state index contributed by atoms with van der Waals surface area (Å²) in [6.45, 7) is 0. The van der Waals surface area contributed by atoms with Gasteiger partial charge in [0, 0.05) is 11.5 Å². The molecule has 1 atom stereocenters. The Balaban J connectivity index is 1.73. The molecule has 3 aromatic rings. The zero-order valence-corrected chi connectivity index (χ0v) is 16.6. The van der Waals surface area contributed by atoms with Gasteiger partial charge in [0.25, 0.3) is 0 Å². The van der Waals surface area contributed by atoms with E-state index < -0.39 is 0 Å². The maximum absolute atomic E-state index is 11.9. The van der Waals surface area contributed by atoms with Crippen molar-refractivity contribution in [1.29, 1.82) is 0 Å². The summed E-state index contributed by atoms with van der Waals surface area (Å²) in [5.74, 6) is 0.323. The molecule has 1 aromatic heterocycles. The van der Waals surface area contributed by atoms with Crippen LogP contribution in [0.15, 0.2) is 96.2 Å². The zero-order chi connectivity index (χ0) is 20.8. The van der Waals surface area contributed by atoms with Crippen LogP contribution < -0.4 is 0 Å². The summed E-state index contributed by atoms with van der Waals surface area (Å²) >= 11 is 0. The van der Waals surface area contributed by atoms with Crippen LogP contribution in [0.25, 0.3) is 11.1 Å². The number of hydrogen-bond donors (Lipinski definition) is 0. The van der Waals surface area contributed by atoms with Gasteiger partial charge in [-0.3, -0.25) is 0 Å². The lowest BCUT2D eigenvalue weighted by atomic mass is 9.91. The Labute approximate surface area is 175 Å². The molecule has 2 aromatic carbocycles. The molecular weight excluding hydrogens is 374 g/mol. The lowest BCUT2D eigenvalue weighted by Crippen LogP contribution is -2.14. The highest BCUT2D eigenvalue weighted by molar-refractivity contribution is 6.04. The van der Waals surface area contributed by atoms with Gasteiger partial charge in [0.1, 0.15) is 0 Å². The first-order chi connectivity index (χ1) is 14.7. The van der Waals surface area contributed by atoms with Crippen molar-refractivity contribution in [3.05, 3.63) is 102 Å². The number of carbonyl (C=O) groups is 1. The molecular formula is C25H21N3O2. The van der Waals surface area contributed by atoms with Crippen LogP contribution in [0.3, 0.4) is 0 Å². The SMILES string of the molecule is COC(=O)c1cccc(-c2cnnc(N=C(c3ccccc3)C3C=CC=CC3)c2)c1. The summed E-state index contributed by atoms with van der Waals surface area (Å²) in [7, 11) is 1.37. The van der Waals surface area contributed by atoms with E-state index in [1.165, 1.54) is 7.11 Å². The smallest absolute Gasteiger partial charge is 0.337 e. The van der Waals surface area contributed by atoms with Crippen molar-refractivity contribution in [3.63, 3.8) is 0 Å². The third-order valence-electron chi connectivity index (χ3n) is 4.90. The first-order valence-corrected chi connectivity index (χ1v) is 9.73. The molecule has 1 unspecified atom stereocenters. The summed E-state index contributed by atoms with van der Waals surface area (Å²) < 4.78 is 4.82. The molecule has 0 bridgehead atoms. The van der Waals surface area contributed by atoms with Crippen LogP contribution in [-0.4, -0.2) is 29.0 Å². The Morgan fingerprint density at radius 3 is 2.60 bits per heavy atom. The number of esters is 1. The Bertz CT molecular complexity index is 1130. The second-order valence-corrected chi connectivity index (χ2v) is 6.89. The normalized spacial score (nSPS) is 15.8.